The number of amides is 3. The average molecular weight is 900 g/mol. The number of carbonyl (C=O) groups excluding carboxylic acids is 3. The quantitative estimate of drug-likeness (QED) is 0.107. The van der Waals surface area contributed by atoms with Crippen molar-refractivity contribution in [3.8, 4) is 11.4 Å². The maximum atomic E-state index is 14.9. The molecule has 5 aromatic rings. The van der Waals surface area contributed by atoms with Crippen molar-refractivity contribution in [1.82, 2.24) is 29.2 Å². The number of fused-ring (bicyclic) bond motifs is 2. The van der Waals surface area contributed by atoms with Crippen LogP contribution in [-0.2, 0) is 27.7 Å². The second kappa shape index (κ2) is 20.5. The second-order valence-electron chi connectivity index (χ2n) is 16.0. The van der Waals surface area contributed by atoms with Crippen LogP contribution in [0.1, 0.15) is 87.6 Å². The van der Waals surface area contributed by atoms with Crippen molar-refractivity contribution in [2.24, 2.45) is 0 Å². The van der Waals surface area contributed by atoms with Gasteiger partial charge in [-0.25, -0.2) is 17.8 Å². The molecule has 3 heterocycles. The van der Waals surface area contributed by atoms with Crippen molar-refractivity contribution < 1.29 is 37.4 Å². The number of nitrogens with one attached hydrogen (secondary N) is 1. The van der Waals surface area contributed by atoms with E-state index >= 15 is 0 Å². The minimum absolute atomic E-state index is 0.00228. The molecule has 0 radical (unpaired) electrons. The number of ether oxygens (including phenoxy) is 2. The highest BCUT2D eigenvalue weighted by atomic mass is 35.5. The van der Waals surface area contributed by atoms with E-state index in [0.717, 1.165) is 55.3 Å². The van der Waals surface area contributed by atoms with Gasteiger partial charge in [0.25, 0.3) is 27.7 Å². The SMILES string of the molecule is CCCCN(CCCC)C(=O)c1nn(-c2ccc(C(=O)NS(=O)(=O)c3ccc4cccc(OCCN5CCOCC5)c4c3)cc2C(=O)N2Cc3ccccc3C[C@H]2CO)c(C)c1Cl. The number of sulfonamides is 1. The Kier molecular flexibility index (Phi) is 14.8. The predicted molar refractivity (Wildman–Crippen MR) is 241 cm³/mol. The number of benzene rings is 4. The number of aliphatic hydroxyl groups is 1. The van der Waals surface area contributed by atoms with E-state index in [4.69, 9.17) is 21.1 Å². The summed E-state index contributed by atoms with van der Waals surface area (Å²) < 4.78 is 43.0. The molecule has 1 aromatic heterocycles. The largest absolute Gasteiger partial charge is 0.492 e. The minimum Gasteiger partial charge on any atom is -0.492 e. The van der Waals surface area contributed by atoms with E-state index in [1.54, 1.807) is 28.9 Å². The van der Waals surface area contributed by atoms with Crippen LogP contribution in [0.3, 0.4) is 0 Å². The summed E-state index contributed by atoms with van der Waals surface area (Å²) in [4.78, 5) is 48.2. The molecule has 4 aromatic carbocycles. The Labute approximate surface area is 373 Å². The van der Waals surface area contributed by atoms with Gasteiger partial charge in [0.05, 0.1) is 52.7 Å². The highest BCUT2D eigenvalue weighted by molar-refractivity contribution is 7.90. The molecule has 14 nitrogen and oxygen atoms in total. The van der Waals surface area contributed by atoms with Crippen molar-refractivity contribution in [2.45, 2.75) is 70.4 Å². The van der Waals surface area contributed by atoms with Gasteiger partial charge in [-0.3, -0.25) is 19.3 Å². The van der Waals surface area contributed by atoms with Crippen LogP contribution in [0.25, 0.3) is 16.5 Å². The van der Waals surface area contributed by atoms with Gasteiger partial charge >= 0.3 is 0 Å². The number of aromatic nitrogens is 2. The lowest BCUT2D eigenvalue weighted by Crippen LogP contribution is -2.46. The highest BCUT2D eigenvalue weighted by Crippen LogP contribution is 2.32. The molecular weight excluding hydrogens is 844 g/mol. The number of halogens is 1. The molecule has 0 saturated carbocycles. The van der Waals surface area contributed by atoms with Gasteiger partial charge in [0, 0.05) is 50.2 Å². The molecule has 3 amide bonds. The van der Waals surface area contributed by atoms with E-state index < -0.39 is 27.9 Å². The fourth-order valence-electron chi connectivity index (χ4n) is 8.06. The minimum atomic E-state index is -4.44. The van der Waals surface area contributed by atoms with Gasteiger partial charge in [0.2, 0.25) is 0 Å². The molecule has 334 valence electrons. The van der Waals surface area contributed by atoms with Gasteiger partial charge in [-0.2, -0.15) is 5.10 Å². The fourth-order valence-corrected chi connectivity index (χ4v) is 9.26. The van der Waals surface area contributed by atoms with E-state index in [-0.39, 0.29) is 51.5 Å². The van der Waals surface area contributed by atoms with Crippen LogP contribution in [0.2, 0.25) is 5.02 Å². The van der Waals surface area contributed by atoms with Gasteiger partial charge in [0.1, 0.15) is 12.4 Å². The van der Waals surface area contributed by atoms with Gasteiger partial charge in [0.15, 0.2) is 5.69 Å². The van der Waals surface area contributed by atoms with Gasteiger partial charge in [-0.15, -0.1) is 0 Å². The zero-order valence-electron chi connectivity index (χ0n) is 36.0. The Morgan fingerprint density at radius 2 is 1.68 bits per heavy atom. The Bertz CT molecular complexity index is 2570. The van der Waals surface area contributed by atoms with Gasteiger partial charge in [-0.05, 0) is 79.1 Å². The van der Waals surface area contributed by atoms with Crippen LogP contribution in [0.15, 0.2) is 83.8 Å². The zero-order chi connectivity index (χ0) is 44.7. The Hall–Kier alpha value is -5.32. The Balaban J connectivity index is 1.22. The van der Waals surface area contributed by atoms with Crippen LogP contribution in [0, 0.1) is 6.92 Å². The first kappa shape index (κ1) is 45.7. The Morgan fingerprint density at radius 3 is 2.40 bits per heavy atom. The van der Waals surface area contributed by atoms with E-state index in [1.165, 1.54) is 35.0 Å². The number of aliphatic hydroxyl groups excluding tert-OH is 1. The molecule has 0 bridgehead atoms. The normalized spacial score (nSPS) is 15.6. The number of unbranched alkanes of at least 4 members (excludes halogenated alkanes) is 2. The molecule has 1 fully saturated rings. The van der Waals surface area contributed by atoms with Crippen molar-refractivity contribution in [2.75, 3.05) is 59.2 Å². The highest BCUT2D eigenvalue weighted by Gasteiger charge is 2.34. The Morgan fingerprint density at radius 1 is 0.952 bits per heavy atom. The zero-order valence-corrected chi connectivity index (χ0v) is 37.6. The molecule has 2 aliphatic rings. The van der Waals surface area contributed by atoms with Crippen LogP contribution in [-0.4, -0.2) is 121 Å². The maximum absolute atomic E-state index is 14.9. The number of nitrogens with zero attached hydrogens (tertiary/aromatic N) is 5. The van der Waals surface area contributed by atoms with Crippen molar-refractivity contribution in [3.05, 3.63) is 118 Å². The smallest absolute Gasteiger partial charge is 0.275 e. The van der Waals surface area contributed by atoms with E-state index in [9.17, 15) is 27.9 Å². The van der Waals surface area contributed by atoms with Crippen molar-refractivity contribution >= 4 is 50.1 Å². The van der Waals surface area contributed by atoms with Crippen molar-refractivity contribution in [1.29, 1.82) is 0 Å². The lowest BCUT2D eigenvalue weighted by molar-refractivity contribution is 0.0323. The number of carbonyl (C=O) groups is 3. The molecule has 7 rings (SSSR count). The van der Waals surface area contributed by atoms with E-state index in [0.29, 0.717) is 62.7 Å². The first-order chi connectivity index (χ1) is 30.4. The first-order valence-electron chi connectivity index (χ1n) is 21.6. The topological polar surface area (TPSA) is 164 Å². The molecule has 16 heteroatoms. The summed E-state index contributed by atoms with van der Waals surface area (Å²) in [5.74, 6) is -1.32. The molecular formula is C47H55ClN6O8S. The molecule has 1 saturated heterocycles. The van der Waals surface area contributed by atoms with Crippen LogP contribution in [0.4, 0.5) is 0 Å². The van der Waals surface area contributed by atoms with Crippen LogP contribution < -0.4 is 9.46 Å². The number of hydrogen-bond acceptors (Lipinski definition) is 10. The van der Waals surface area contributed by atoms with Crippen LogP contribution >= 0.6 is 11.6 Å². The summed E-state index contributed by atoms with van der Waals surface area (Å²) in [7, 11) is -4.44. The molecule has 1 atom stereocenters. The van der Waals surface area contributed by atoms with Crippen LogP contribution in [0.5, 0.6) is 5.75 Å². The summed E-state index contributed by atoms with van der Waals surface area (Å²) in [6.45, 7) is 10.8. The molecule has 2 aliphatic heterocycles. The third-order valence-electron chi connectivity index (χ3n) is 11.8. The summed E-state index contributed by atoms with van der Waals surface area (Å²) in [5.41, 5.74) is 2.44. The third kappa shape index (κ3) is 10.2. The molecule has 0 aliphatic carbocycles. The molecule has 0 unspecified atom stereocenters. The summed E-state index contributed by atoms with van der Waals surface area (Å²) in [6.07, 6.45) is 3.81. The summed E-state index contributed by atoms with van der Waals surface area (Å²) in [6, 6.07) is 21.3. The molecule has 2 N–H and O–H groups in total. The van der Waals surface area contributed by atoms with E-state index in [1.807, 2.05) is 36.4 Å². The standard InChI is InChI=1S/C47H55ClN6O8S/c1-4-6-19-52(20-7-5-2)47(58)44-43(48)32(3)54(49-44)41-18-16-35(28-40(41)46(57)53-30-36-12-9-8-11-34(36)27-37(53)31-55)45(56)50-63(59,60)38-17-15-33-13-10-14-42(39(33)29-38)62-26-23-51-21-24-61-25-22-51/h8-18,28-29,37,55H,4-7,19-27,30-31H2,1-3H3,(H,50,56)/t37-/m0/s1. The predicted octanol–water partition coefficient (Wildman–Crippen LogP) is 6.42. The third-order valence-corrected chi connectivity index (χ3v) is 13.5. The first-order valence-corrected chi connectivity index (χ1v) is 23.5. The second-order valence-corrected chi connectivity index (χ2v) is 18.1. The average Bonchev–Trinajstić information content (AvgIpc) is 3.60. The lowest BCUT2D eigenvalue weighted by Gasteiger charge is -2.36. The van der Waals surface area contributed by atoms with Gasteiger partial charge < -0.3 is 24.4 Å². The summed E-state index contributed by atoms with van der Waals surface area (Å²) >= 11 is 6.87. The lowest BCUT2D eigenvalue weighted by atomic mass is 9.93. The number of morpholine rings is 1. The fraction of sp³-hybridized carbons (Fsp3) is 0.404. The summed E-state index contributed by atoms with van der Waals surface area (Å²) in [5, 5.41) is 16.7. The molecule has 63 heavy (non-hydrogen) atoms. The maximum Gasteiger partial charge on any atom is 0.275 e. The van der Waals surface area contributed by atoms with Crippen molar-refractivity contribution in [3.63, 3.8) is 0 Å². The van der Waals surface area contributed by atoms with Gasteiger partial charge in [-0.1, -0.05) is 80.8 Å². The number of hydrogen-bond donors (Lipinski definition) is 2. The number of rotatable bonds is 17. The monoisotopic (exact) mass is 898 g/mol. The van der Waals surface area contributed by atoms with E-state index in [2.05, 4.69) is 28.6 Å². The molecule has 0 spiro atoms.